The molecule has 3 rings (SSSR count). The quantitative estimate of drug-likeness (QED) is 0.832. The maximum Gasteiger partial charge on any atom is 0.303 e. The highest BCUT2D eigenvalue weighted by atomic mass is 16.5. The van der Waals surface area contributed by atoms with Crippen LogP contribution in [0.3, 0.4) is 0 Å². The van der Waals surface area contributed by atoms with Crippen LogP contribution >= 0.6 is 0 Å². The Morgan fingerprint density at radius 2 is 2.32 bits per heavy atom. The van der Waals surface area contributed by atoms with Gasteiger partial charge in [-0.1, -0.05) is 0 Å². The fourth-order valence-corrected chi connectivity index (χ4v) is 2.63. The highest BCUT2D eigenvalue weighted by Gasteiger charge is 2.37. The lowest BCUT2D eigenvalue weighted by Gasteiger charge is -2.28. The molecule has 1 amide bonds. The molecule has 2 N–H and O–H groups in total. The predicted molar refractivity (Wildman–Crippen MR) is 75.5 cm³/mol. The van der Waals surface area contributed by atoms with E-state index in [1.165, 1.54) is 10.8 Å². The van der Waals surface area contributed by atoms with Crippen LogP contribution in [-0.2, 0) is 9.53 Å². The number of amides is 1. The summed E-state index contributed by atoms with van der Waals surface area (Å²) in [5.41, 5.74) is 0.383. The number of carboxylic acid groups (broad SMARTS) is 1. The first-order valence-electron chi connectivity index (χ1n) is 7.01. The van der Waals surface area contributed by atoms with Gasteiger partial charge in [-0.05, 0) is 25.0 Å². The molecule has 0 aliphatic carbocycles. The Morgan fingerprint density at radius 3 is 3.05 bits per heavy atom. The molecule has 1 aliphatic heterocycles. The van der Waals surface area contributed by atoms with E-state index in [4.69, 9.17) is 9.84 Å². The van der Waals surface area contributed by atoms with Crippen LogP contribution in [-0.4, -0.2) is 50.6 Å². The van der Waals surface area contributed by atoms with Crippen molar-refractivity contribution in [2.75, 3.05) is 13.2 Å². The third-order valence-electron chi connectivity index (χ3n) is 3.85. The lowest BCUT2D eigenvalue weighted by atomic mass is 9.92. The number of aromatic nitrogens is 3. The number of rotatable bonds is 5. The average Bonchev–Trinajstić information content (AvgIpc) is 3.12. The first kappa shape index (κ1) is 14.5. The molecule has 2 aromatic heterocycles. The van der Waals surface area contributed by atoms with Gasteiger partial charge in [-0.3, -0.25) is 9.59 Å². The smallest absolute Gasteiger partial charge is 0.303 e. The van der Waals surface area contributed by atoms with Crippen LogP contribution < -0.4 is 5.32 Å². The molecule has 0 spiro atoms. The minimum Gasteiger partial charge on any atom is -0.481 e. The monoisotopic (exact) mass is 304 g/mol. The SMILES string of the molecule is O=C(O)CCC1(NC(=O)c2cnn3ncccc23)CCOC1. The van der Waals surface area contributed by atoms with Gasteiger partial charge in [-0.2, -0.15) is 14.8 Å². The van der Waals surface area contributed by atoms with Crippen LogP contribution in [0.4, 0.5) is 0 Å². The van der Waals surface area contributed by atoms with Gasteiger partial charge in [0.25, 0.3) is 5.91 Å². The third-order valence-corrected chi connectivity index (χ3v) is 3.85. The fourth-order valence-electron chi connectivity index (χ4n) is 2.63. The predicted octanol–water partition coefficient (Wildman–Crippen LogP) is 0.483. The van der Waals surface area contributed by atoms with Crippen molar-refractivity contribution in [1.82, 2.24) is 20.1 Å². The molecular weight excluding hydrogens is 288 g/mol. The summed E-state index contributed by atoms with van der Waals surface area (Å²) in [6, 6.07) is 3.48. The molecule has 0 radical (unpaired) electrons. The molecule has 1 saturated heterocycles. The van der Waals surface area contributed by atoms with Crippen LogP contribution in [0.5, 0.6) is 0 Å². The molecule has 1 unspecified atom stereocenters. The minimum atomic E-state index is -0.888. The Kier molecular flexibility index (Phi) is 3.76. The molecule has 0 aromatic carbocycles. The van der Waals surface area contributed by atoms with E-state index in [1.807, 2.05) is 0 Å². The van der Waals surface area contributed by atoms with Gasteiger partial charge in [-0.15, -0.1) is 0 Å². The summed E-state index contributed by atoms with van der Waals surface area (Å²) in [5.74, 6) is -1.18. The van der Waals surface area contributed by atoms with Crippen LogP contribution in [0.2, 0.25) is 0 Å². The van der Waals surface area contributed by atoms with Gasteiger partial charge in [0.2, 0.25) is 0 Å². The standard InChI is InChI=1S/C14H16N4O4/c19-12(20)3-4-14(5-7-22-9-14)17-13(21)10-8-16-18-11(10)2-1-6-15-18/h1-2,6,8H,3-5,7,9H2,(H,17,21)(H,19,20). The molecule has 116 valence electrons. The molecule has 0 saturated carbocycles. The zero-order valence-corrected chi connectivity index (χ0v) is 11.9. The average molecular weight is 304 g/mol. The van der Waals surface area contributed by atoms with Crippen molar-refractivity contribution < 1.29 is 19.4 Å². The van der Waals surface area contributed by atoms with Gasteiger partial charge < -0.3 is 15.2 Å². The van der Waals surface area contributed by atoms with Gasteiger partial charge in [-0.25, -0.2) is 0 Å². The maximum atomic E-state index is 12.5. The second-order valence-corrected chi connectivity index (χ2v) is 5.39. The van der Waals surface area contributed by atoms with Crippen LogP contribution in [0.1, 0.15) is 29.6 Å². The molecule has 1 fully saturated rings. The minimum absolute atomic E-state index is 0.0139. The number of ether oxygens (including phenoxy) is 1. The number of hydrogen-bond acceptors (Lipinski definition) is 5. The van der Waals surface area contributed by atoms with Crippen molar-refractivity contribution in [2.45, 2.75) is 24.8 Å². The van der Waals surface area contributed by atoms with Crippen molar-refractivity contribution in [3.05, 3.63) is 30.1 Å². The van der Waals surface area contributed by atoms with Crippen LogP contribution in [0.15, 0.2) is 24.5 Å². The molecule has 22 heavy (non-hydrogen) atoms. The summed E-state index contributed by atoms with van der Waals surface area (Å²) in [6.07, 6.45) is 3.97. The van der Waals surface area contributed by atoms with Crippen molar-refractivity contribution in [2.24, 2.45) is 0 Å². The highest BCUT2D eigenvalue weighted by Crippen LogP contribution is 2.25. The van der Waals surface area contributed by atoms with Gasteiger partial charge in [0.05, 0.1) is 23.9 Å². The first-order chi connectivity index (χ1) is 10.6. The lowest BCUT2D eigenvalue weighted by Crippen LogP contribution is -2.49. The van der Waals surface area contributed by atoms with Gasteiger partial charge in [0.15, 0.2) is 0 Å². The summed E-state index contributed by atoms with van der Waals surface area (Å²) < 4.78 is 6.74. The summed E-state index contributed by atoms with van der Waals surface area (Å²) in [4.78, 5) is 23.3. The van der Waals surface area contributed by atoms with E-state index in [-0.39, 0.29) is 12.3 Å². The summed E-state index contributed by atoms with van der Waals surface area (Å²) in [6.45, 7) is 0.833. The second kappa shape index (κ2) is 5.72. The number of fused-ring (bicyclic) bond motifs is 1. The molecule has 8 heteroatoms. The topological polar surface area (TPSA) is 106 Å². The maximum absolute atomic E-state index is 12.5. The van der Waals surface area contributed by atoms with E-state index in [9.17, 15) is 9.59 Å². The zero-order chi connectivity index (χ0) is 15.6. The van der Waals surface area contributed by atoms with Crippen LogP contribution in [0.25, 0.3) is 5.52 Å². The normalized spacial score (nSPS) is 21.1. The van der Waals surface area contributed by atoms with Crippen molar-refractivity contribution in [3.63, 3.8) is 0 Å². The Bertz CT molecular complexity index is 706. The van der Waals surface area contributed by atoms with Gasteiger partial charge in [0, 0.05) is 19.2 Å². The molecule has 1 aliphatic rings. The summed E-state index contributed by atoms with van der Waals surface area (Å²) in [5, 5.41) is 19.9. The first-order valence-corrected chi connectivity index (χ1v) is 7.01. The Labute approximate surface area is 126 Å². The Hall–Kier alpha value is -2.48. The van der Waals surface area contributed by atoms with Gasteiger partial charge in [0.1, 0.15) is 5.52 Å². The van der Waals surface area contributed by atoms with Crippen molar-refractivity contribution >= 4 is 17.4 Å². The fraction of sp³-hybridized carbons (Fsp3) is 0.429. The van der Waals surface area contributed by atoms with E-state index in [0.29, 0.717) is 37.1 Å². The molecule has 3 heterocycles. The van der Waals surface area contributed by atoms with E-state index >= 15 is 0 Å². The van der Waals surface area contributed by atoms with E-state index in [0.717, 1.165) is 0 Å². The molecule has 8 nitrogen and oxygen atoms in total. The summed E-state index contributed by atoms with van der Waals surface area (Å²) >= 11 is 0. The number of nitrogens with one attached hydrogen (secondary N) is 1. The number of nitrogens with zero attached hydrogens (tertiary/aromatic N) is 3. The number of hydrogen-bond donors (Lipinski definition) is 2. The van der Waals surface area contributed by atoms with E-state index in [1.54, 1.807) is 18.3 Å². The highest BCUT2D eigenvalue weighted by molar-refractivity contribution is 6.00. The molecular formula is C14H16N4O4. The van der Waals surface area contributed by atoms with Crippen LogP contribution in [0, 0.1) is 0 Å². The van der Waals surface area contributed by atoms with E-state index < -0.39 is 11.5 Å². The van der Waals surface area contributed by atoms with E-state index in [2.05, 4.69) is 15.5 Å². The second-order valence-electron chi connectivity index (χ2n) is 5.39. The Balaban J connectivity index is 1.80. The Morgan fingerprint density at radius 1 is 1.45 bits per heavy atom. The third kappa shape index (κ3) is 2.77. The zero-order valence-electron chi connectivity index (χ0n) is 11.9. The number of carboxylic acids is 1. The molecule has 0 bridgehead atoms. The largest absolute Gasteiger partial charge is 0.481 e. The number of carbonyl (C=O) groups excluding carboxylic acids is 1. The molecule has 2 aromatic rings. The summed E-state index contributed by atoms with van der Waals surface area (Å²) in [7, 11) is 0. The van der Waals surface area contributed by atoms with Gasteiger partial charge >= 0.3 is 5.97 Å². The number of aliphatic carboxylic acids is 1. The lowest BCUT2D eigenvalue weighted by molar-refractivity contribution is -0.137. The van der Waals surface area contributed by atoms with Crippen molar-refractivity contribution in [3.8, 4) is 0 Å². The van der Waals surface area contributed by atoms with Crippen molar-refractivity contribution in [1.29, 1.82) is 0 Å². The molecule has 1 atom stereocenters. The number of carbonyl (C=O) groups is 2.